The lowest BCUT2D eigenvalue weighted by Gasteiger charge is -2.11. The second-order valence-corrected chi connectivity index (χ2v) is 6.00. The van der Waals surface area contributed by atoms with Gasteiger partial charge in [0.05, 0.1) is 18.0 Å². The fourth-order valence-electron chi connectivity index (χ4n) is 2.84. The summed E-state index contributed by atoms with van der Waals surface area (Å²) in [5, 5.41) is 3.46. The van der Waals surface area contributed by atoms with Crippen LogP contribution in [0.15, 0.2) is 53.3 Å². The highest BCUT2D eigenvalue weighted by atomic mass is 16.5. The molecule has 6 heteroatoms. The number of amides is 1. The molecule has 1 amide bonds. The molecule has 1 heterocycles. The number of para-hydroxylation sites is 2. The monoisotopic (exact) mass is 351 g/mol. The number of benzene rings is 2. The van der Waals surface area contributed by atoms with Crippen LogP contribution in [0.2, 0.25) is 0 Å². The van der Waals surface area contributed by atoms with Crippen molar-refractivity contribution >= 4 is 16.8 Å². The van der Waals surface area contributed by atoms with Crippen molar-refractivity contribution < 1.29 is 9.53 Å². The summed E-state index contributed by atoms with van der Waals surface area (Å²) in [6.45, 7) is 0.396. The molecule has 0 saturated carbocycles. The minimum Gasteiger partial charge on any atom is -0.496 e. The topological polar surface area (TPSA) is 73.2 Å². The van der Waals surface area contributed by atoms with Crippen LogP contribution in [0.5, 0.6) is 5.75 Å². The molecule has 3 aromatic rings. The lowest BCUT2D eigenvalue weighted by Crippen LogP contribution is -2.26. The molecule has 2 aromatic carbocycles. The molecule has 0 bridgehead atoms. The van der Waals surface area contributed by atoms with Crippen LogP contribution < -0.4 is 15.6 Å². The van der Waals surface area contributed by atoms with Crippen LogP contribution in [0.3, 0.4) is 0 Å². The summed E-state index contributed by atoms with van der Waals surface area (Å²) in [6, 6.07) is 14.8. The minimum absolute atomic E-state index is 0.0972. The lowest BCUT2D eigenvalue weighted by atomic mass is 10.2. The normalized spacial score (nSPS) is 10.7. The molecule has 0 unspecified atom stereocenters. The summed E-state index contributed by atoms with van der Waals surface area (Å²) >= 11 is 0. The van der Waals surface area contributed by atoms with Crippen molar-refractivity contribution in [2.45, 2.75) is 19.4 Å². The smallest absolute Gasteiger partial charge is 0.261 e. The van der Waals surface area contributed by atoms with Crippen LogP contribution in [0.4, 0.5) is 0 Å². The highest BCUT2D eigenvalue weighted by Gasteiger charge is 2.10. The number of carbonyl (C=O) groups is 1. The Morgan fingerprint density at radius 3 is 2.69 bits per heavy atom. The molecule has 134 valence electrons. The summed E-state index contributed by atoms with van der Waals surface area (Å²) in [7, 11) is 3.29. The lowest BCUT2D eigenvalue weighted by molar-refractivity contribution is -0.121. The summed E-state index contributed by atoms with van der Waals surface area (Å²) in [5.41, 5.74) is 1.47. The Morgan fingerprint density at radius 2 is 1.88 bits per heavy atom. The second kappa shape index (κ2) is 7.82. The summed E-state index contributed by atoms with van der Waals surface area (Å²) in [4.78, 5) is 29.1. The van der Waals surface area contributed by atoms with Crippen LogP contribution in [0.1, 0.15) is 17.8 Å². The number of methoxy groups -OCH3 is 1. The maximum Gasteiger partial charge on any atom is 0.261 e. The quantitative estimate of drug-likeness (QED) is 0.739. The first-order valence-electron chi connectivity index (χ1n) is 8.43. The van der Waals surface area contributed by atoms with Gasteiger partial charge in [0.1, 0.15) is 11.6 Å². The number of rotatable bonds is 6. The van der Waals surface area contributed by atoms with Crippen LogP contribution in [-0.4, -0.2) is 22.6 Å². The number of aromatic nitrogens is 2. The van der Waals surface area contributed by atoms with Crippen molar-refractivity contribution in [3.8, 4) is 5.75 Å². The van der Waals surface area contributed by atoms with Crippen molar-refractivity contribution in [1.82, 2.24) is 14.9 Å². The van der Waals surface area contributed by atoms with Crippen LogP contribution in [-0.2, 0) is 24.8 Å². The van der Waals surface area contributed by atoms with Gasteiger partial charge in [-0.2, -0.15) is 0 Å². The Hall–Kier alpha value is -3.15. The van der Waals surface area contributed by atoms with E-state index < -0.39 is 0 Å². The van der Waals surface area contributed by atoms with E-state index >= 15 is 0 Å². The number of ether oxygens (including phenoxy) is 1. The molecule has 1 aromatic heterocycles. The Kier molecular flexibility index (Phi) is 5.31. The van der Waals surface area contributed by atoms with E-state index in [1.165, 1.54) is 4.57 Å². The van der Waals surface area contributed by atoms with Crippen molar-refractivity contribution in [2.75, 3.05) is 7.11 Å². The molecular weight excluding hydrogens is 330 g/mol. The number of hydrogen-bond acceptors (Lipinski definition) is 4. The largest absolute Gasteiger partial charge is 0.496 e. The van der Waals surface area contributed by atoms with Crippen LogP contribution in [0, 0.1) is 0 Å². The summed E-state index contributed by atoms with van der Waals surface area (Å²) in [6.07, 6.45) is 0.655. The third kappa shape index (κ3) is 3.74. The van der Waals surface area contributed by atoms with E-state index in [9.17, 15) is 9.59 Å². The van der Waals surface area contributed by atoms with Crippen molar-refractivity contribution in [2.24, 2.45) is 7.05 Å². The average Bonchev–Trinajstić information content (AvgIpc) is 2.68. The molecule has 26 heavy (non-hydrogen) atoms. The number of hydrogen-bond donors (Lipinski definition) is 1. The number of fused-ring (bicyclic) bond motifs is 1. The number of nitrogens with one attached hydrogen (secondary N) is 1. The Morgan fingerprint density at radius 1 is 1.15 bits per heavy atom. The van der Waals surface area contributed by atoms with E-state index in [1.54, 1.807) is 20.2 Å². The predicted octanol–water partition coefficient (Wildman–Crippen LogP) is 2.19. The highest BCUT2D eigenvalue weighted by Crippen LogP contribution is 2.16. The minimum atomic E-state index is -0.0988. The van der Waals surface area contributed by atoms with Gasteiger partial charge in [0.25, 0.3) is 5.56 Å². The Bertz CT molecular complexity index is 995. The van der Waals surface area contributed by atoms with E-state index in [4.69, 9.17) is 4.74 Å². The van der Waals surface area contributed by atoms with E-state index in [-0.39, 0.29) is 17.9 Å². The highest BCUT2D eigenvalue weighted by molar-refractivity contribution is 5.78. The molecule has 0 fully saturated rings. The SMILES string of the molecule is COc1ccccc1CNC(=O)CCc1nc2ccccc2c(=O)n1C. The zero-order valence-corrected chi connectivity index (χ0v) is 14.9. The first-order chi connectivity index (χ1) is 12.6. The molecule has 0 spiro atoms. The maximum atomic E-state index is 12.4. The fraction of sp³-hybridized carbons (Fsp3) is 0.250. The third-order valence-electron chi connectivity index (χ3n) is 4.32. The molecule has 0 aliphatic heterocycles. The molecular formula is C20H21N3O3. The van der Waals surface area contributed by atoms with E-state index in [1.807, 2.05) is 42.5 Å². The van der Waals surface area contributed by atoms with Crippen LogP contribution in [0.25, 0.3) is 10.9 Å². The van der Waals surface area contributed by atoms with E-state index in [0.717, 1.165) is 11.3 Å². The number of aryl methyl sites for hydroxylation is 1. The second-order valence-electron chi connectivity index (χ2n) is 6.00. The first kappa shape index (κ1) is 17.7. The summed E-state index contributed by atoms with van der Waals surface area (Å²) in [5.74, 6) is 1.24. The molecule has 0 atom stereocenters. The molecule has 0 radical (unpaired) electrons. The van der Waals surface area contributed by atoms with Gasteiger partial charge in [-0.1, -0.05) is 30.3 Å². The molecule has 6 nitrogen and oxygen atoms in total. The standard InChI is InChI=1S/C20H21N3O3/c1-23-18(22-16-9-5-4-8-15(16)20(23)25)11-12-19(24)21-13-14-7-3-6-10-17(14)26-2/h3-10H,11-13H2,1-2H3,(H,21,24). The van der Waals surface area contributed by atoms with Gasteiger partial charge < -0.3 is 10.1 Å². The van der Waals surface area contributed by atoms with Crippen molar-refractivity contribution in [3.63, 3.8) is 0 Å². The maximum absolute atomic E-state index is 12.4. The van der Waals surface area contributed by atoms with Gasteiger partial charge in [-0.25, -0.2) is 4.98 Å². The van der Waals surface area contributed by atoms with Gasteiger partial charge in [-0.05, 0) is 18.2 Å². The van der Waals surface area contributed by atoms with E-state index in [2.05, 4.69) is 10.3 Å². The third-order valence-corrected chi connectivity index (χ3v) is 4.32. The van der Waals surface area contributed by atoms with E-state index in [0.29, 0.717) is 29.7 Å². The van der Waals surface area contributed by atoms with Gasteiger partial charge in [-0.3, -0.25) is 14.2 Å². The molecule has 0 aliphatic rings. The van der Waals surface area contributed by atoms with Gasteiger partial charge >= 0.3 is 0 Å². The zero-order chi connectivity index (χ0) is 18.5. The molecule has 1 N–H and O–H groups in total. The first-order valence-corrected chi connectivity index (χ1v) is 8.43. The predicted molar refractivity (Wildman–Crippen MR) is 100 cm³/mol. The van der Waals surface area contributed by atoms with Crippen LogP contribution >= 0.6 is 0 Å². The Balaban J connectivity index is 1.65. The van der Waals surface area contributed by atoms with Gasteiger partial charge in [0.2, 0.25) is 5.91 Å². The summed E-state index contributed by atoms with van der Waals surface area (Å²) < 4.78 is 6.79. The fourth-order valence-corrected chi connectivity index (χ4v) is 2.84. The number of nitrogens with zero attached hydrogens (tertiary/aromatic N) is 2. The molecule has 3 rings (SSSR count). The van der Waals surface area contributed by atoms with Crippen molar-refractivity contribution in [1.29, 1.82) is 0 Å². The van der Waals surface area contributed by atoms with Gasteiger partial charge in [0.15, 0.2) is 0 Å². The Labute approximate surface area is 151 Å². The average molecular weight is 351 g/mol. The molecule has 0 saturated heterocycles. The zero-order valence-electron chi connectivity index (χ0n) is 14.9. The van der Waals surface area contributed by atoms with Gasteiger partial charge in [0, 0.05) is 32.0 Å². The van der Waals surface area contributed by atoms with Gasteiger partial charge in [-0.15, -0.1) is 0 Å². The molecule has 0 aliphatic carbocycles. The number of carbonyl (C=O) groups excluding carboxylic acids is 1. The van der Waals surface area contributed by atoms with Crippen molar-refractivity contribution in [3.05, 3.63) is 70.3 Å².